The average molecular weight is 867 g/mol. The van der Waals surface area contributed by atoms with Gasteiger partial charge in [0, 0.05) is 17.9 Å². The molecule has 2 bridgehead atoms. The maximum Gasteiger partial charge on any atom is 0.325 e. The van der Waals surface area contributed by atoms with Crippen LogP contribution in [0.4, 0.5) is 16.2 Å². The number of aromatic nitrogens is 8. The van der Waals surface area contributed by atoms with Crippen LogP contribution in [0, 0.1) is 5.92 Å². The first-order valence-electron chi connectivity index (χ1n) is 17.2. The second kappa shape index (κ2) is 15.6. The molecule has 2 amide bonds. The summed E-state index contributed by atoms with van der Waals surface area (Å²) in [6.45, 7) is -6.32. The van der Waals surface area contributed by atoms with Gasteiger partial charge in [-0.15, -0.1) is 0 Å². The van der Waals surface area contributed by atoms with E-state index < -0.39 is 93.0 Å². The number of carbonyl (C=O) groups is 2. The molecule has 4 aromatic heterocycles. The quantitative estimate of drug-likeness (QED) is 0.154. The molecule has 4 unspecified atom stereocenters. The summed E-state index contributed by atoms with van der Waals surface area (Å²) in [4.78, 5) is 84.3. The van der Waals surface area contributed by atoms with Gasteiger partial charge in [0.1, 0.15) is 30.9 Å². The van der Waals surface area contributed by atoms with Crippen LogP contribution in [0.1, 0.15) is 43.1 Å². The molecular weight excluding hydrogens is 833 g/mol. The van der Waals surface area contributed by atoms with E-state index in [2.05, 4.69) is 40.5 Å². The molecule has 0 saturated carbocycles. The first-order chi connectivity index (χ1) is 27.2. The van der Waals surface area contributed by atoms with Crippen LogP contribution in [-0.2, 0) is 56.0 Å². The number of anilines is 2. The van der Waals surface area contributed by atoms with Gasteiger partial charge in [-0.3, -0.25) is 38.3 Å². The molecule has 302 valence electrons. The highest BCUT2D eigenvalue weighted by molar-refractivity contribution is 8.07. The van der Waals surface area contributed by atoms with Crippen LogP contribution in [0.15, 0.2) is 54.1 Å². The van der Waals surface area contributed by atoms with E-state index in [1.807, 2.05) is 0 Å². The van der Waals surface area contributed by atoms with Gasteiger partial charge in [-0.25, -0.2) is 24.3 Å². The van der Waals surface area contributed by atoms with Crippen molar-refractivity contribution in [3.63, 3.8) is 0 Å². The Morgan fingerprint density at radius 1 is 0.912 bits per heavy atom. The van der Waals surface area contributed by atoms with E-state index in [0.717, 1.165) is 6.33 Å². The number of ether oxygens (including phenoxy) is 2. The first-order valence-corrected chi connectivity index (χ1v) is 22.4. The van der Waals surface area contributed by atoms with Crippen molar-refractivity contribution in [1.82, 2.24) is 39.0 Å². The number of nitrogens with zero attached hydrogens (tertiary/aromatic N) is 7. The number of H-pyrrole nitrogens is 1. The summed E-state index contributed by atoms with van der Waals surface area (Å²) in [6.07, 6.45) is -5.80. The van der Waals surface area contributed by atoms with Crippen LogP contribution >= 0.6 is 13.4 Å². The monoisotopic (exact) mass is 866 g/mol. The van der Waals surface area contributed by atoms with Gasteiger partial charge in [0.15, 0.2) is 40.5 Å². The molecule has 3 aliphatic rings. The molecule has 3 saturated heterocycles. The first kappa shape index (κ1) is 39.8. The van der Waals surface area contributed by atoms with Gasteiger partial charge < -0.3 is 38.1 Å². The van der Waals surface area contributed by atoms with Gasteiger partial charge in [0.25, 0.3) is 11.5 Å². The molecule has 5 aromatic rings. The molecule has 0 aliphatic carbocycles. The number of aromatic amines is 1. The van der Waals surface area contributed by atoms with E-state index in [1.54, 1.807) is 48.7 Å². The van der Waals surface area contributed by atoms with Gasteiger partial charge >= 0.3 is 13.4 Å². The summed E-state index contributed by atoms with van der Waals surface area (Å²) in [6, 6.07) is 8.53. The molecule has 57 heavy (non-hydrogen) atoms. The van der Waals surface area contributed by atoms with Crippen molar-refractivity contribution >= 4 is 83.0 Å². The predicted octanol–water partition coefficient (Wildman–Crippen LogP) is 2.58. The van der Waals surface area contributed by atoms with Crippen LogP contribution in [0.25, 0.3) is 22.3 Å². The van der Waals surface area contributed by atoms with Crippen molar-refractivity contribution in [3.05, 3.63) is 65.2 Å². The van der Waals surface area contributed by atoms with Crippen molar-refractivity contribution in [2.45, 2.75) is 63.3 Å². The lowest BCUT2D eigenvalue weighted by molar-refractivity contribution is -0.118. The molecule has 5 N–H and O–H groups in total. The number of hydrogen-bond donors (Lipinski definition) is 5. The predicted molar refractivity (Wildman–Crippen MR) is 203 cm³/mol. The van der Waals surface area contributed by atoms with E-state index in [9.17, 15) is 24.2 Å². The molecule has 1 aromatic carbocycles. The minimum Gasteiger partial charge on any atom is -0.349 e. The second-order valence-corrected chi connectivity index (χ2v) is 18.9. The maximum atomic E-state index is 16.2. The number of carbonyl (C=O) groups excluding carboxylic acids is 2. The Kier molecular flexibility index (Phi) is 10.9. The van der Waals surface area contributed by atoms with Crippen LogP contribution < -0.4 is 16.2 Å². The Morgan fingerprint density at radius 3 is 2.37 bits per heavy atom. The largest absolute Gasteiger partial charge is 0.349 e. The van der Waals surface area contributed by atoms with Gasteiger partial charge in [-0.05, 0) is 35.7 Å². The summed E-state index contributed by atoms with van der Waals surface area (Å²) in [7, 11) is 0. The second-order valence-electron chi connectivity index (χ2n) is 13.4. The van der Waals surface area contributed by atoms with Crippen LogP contribution in [-0.4, -0.2) is 104 Å². The van der Waals surface area contributed by atoms with Crippen molar-refractivity contribution in [2.24, 2.45) is 5.92 Å². The van der Waals surface area contributed by atoms with E-state index in [1.165, 1.54) is 17.2 Å². The molecule has 3 aliphatic heterocycles. The lowest BCUT2D eigenvalue weighted by Gasteiger charge is -2.27. The summed E-state index contributed by atoms with van der Waals surface area (Å²) in [5.41, 5.74) is -0.0545. The number of hydrogen-bond acceptors (Lipinski definition) is 16. The fraction of sp³-hybridized carbons (Fsp3) is 0.419. The molecule has 8 rings (SSSR count). The van der Waals surface area contributed by atoms with Gasteiger partial charge in [0.2, 0.25) is 11.9 Å². The number of imidazole rings is 2. The normalized spacial score (nSPS) is 30.7. The van der Waals surface area contributed by atoms with E-state index in [4.69, 9.17) is 51.2 Å². The summed E-state index contributed by atoms with van der Waals surface area (Å²) in [5.74, 6) is -1.34. The third-order valence-corrected chi connectivity index (χ3v) is 12.3. The fourth-order valence-corrected chi connectivity index (χ4v) is 9.25. The zero-order valence-electron chi connectivity index (χ0n) is 29.6. The van der Waals surface area contributed by atoms with E-state index >= 15 is 4.39 Å². The Hall–Kier alpha value is -4.03. The molecule has 21 nitrogen and oxygen atoms in total. The Balaban J connectivity index is 1.04. The molecule has 7 heterocycles. The topological polar surface area (TPSA) is 261 Å². The highest BCUT2D eigenvalue weighted by Gasteiger charge is 2.51. The Morgan fingerprint density at radius 2 is 1.61 bits per heavy atom. The van der Waals surface area contributed by atoms with Gasteiger partial charge in [-0.1, -0.05) is 32.0 Å². The lowest BCUT2D eigenvalue weighted by atomic mass is 10.1. The third kappa shape index (κ3) is 8.18. The molecule has 0 spiro atoms. The number of amides is 2. The number of nitrogens with one attached hydrogen (secondary N) is 3. The number of halogens is 1. The zero-order valence-corrected chi connectivity index (χ0v) is 33.1. The molecular formula is C31H33FN10O11P2S2. The Labute approximate surface area is 330 Å². The molecule has 3 fully saturated rings. The summed E-state index contributed by atoms with van der Waals surface area (Å²) >= 11 is 10.6. The highest BCUT2D eigenvalue weighted by atomic mass is 32.5. The minimum absolute atomic E-state index is 0.0302. The number of fused-ring (bicyclic) bond motifs is 5. The maximum absolute atomic E-state index is 16.2. The standard InChI is InChI=1S/C31H33FN10O11P2S2/c1-14(2)27(43)39-31-38-26-22(29(45)40-31)36-13-42(26)30-23-20(32)18(51-30)10-49-54(46,56)52-16-8-19(50-17(16)9-48-55(47,57)53-23)41-12-35-21-24(33-11-34-25(21)41)37-28(44)15-6-4-3-5-7-15/h3-7,11-14,16-20,23,30H,8-10H2,1-2H3,(H,46,56)(H,47,57)(H,33,34,37,44)(H2,38,39,40,43,45)/t16-,17?,18+,19+,20+,23?,30+,54?,55?/m0/s1. The average Bonchev–Trinajstić information content (AvgIpc) is 3.95. The lowest BCUT2D eigenvalue weighted by Crippen LogP contribution is -2.32. The van der Waals surface area contributed by atoms with E-state index in [-0.39, 0.29) is 40.5 Å². The minimum atomic E-state index is -4.33. The number of benzene rings is 1. The molecule has 9 atom stereocenters. The fourth-order valence-electron chi connectivity index (χ4n) is 6.37. The van der Waals surface area contributed by atoms with Crippen molar-refractivity contribution < 1.29 is 51.3 Å². The van der Waals surface area contributed by atoms with Crippen molar-refractivity contribution in [2.75, 3.05) is 23.8 Å². The van der Waals surface area contributed by atoms with Gasteiger partial charge in [-0.2, -0.15) is 4.98 Å². The van der Waals surface area contributed by atoms with E-state index in [0.29, 0.717) is 5.56 Å². The van der Waals surface area contributed by atoms with Crippen LogP contribution in [0.3, 0.4) is 0 Å². The van der Waals surface area contributed by atoms with Gasteiger partial charge in [0.05, 0.1) is 32.0 Å². The third-order valence-electron chi connectivity index (χ3n) is 9.18. The molecule has 0 radical (unpaired) electrons. The van der Waals surface area contributed by atoms with Crippen LogP contribution in [0.5, 0.6) is 0 Å². The van der Waals surface area contributed by atoms with Crippen molar-refractivity contribution in [3.8, 4) is 0 Å². The number of rotatable bonds is 6. The summed E-state index contributed by atoms with van der Waals surface area (Å²) < 4.78 is 54.1. The summed E-state index contributed by atoms with van der Waals surface area (Å²) in [5, 5.41) is 5.23. The highest BCUT2D eigenvalue weighted by Crippen LogP contribution is 2.54. The van der Waals surface area contributed by atoms with Crippen molar-refractivity contribution in [1.29, 1.82) is 0 Å². The number of alkyl halides is 1. The Bertz CT molecular complexity index is 2510. The smallest absolute Gasteiger partial charge is 0.325 e. The molecule has 26 heteroatoms. The SMILES string of the molecule is CC(C)C(=O)Nc1nc2c(ncn2[C@@H]2O[C@@H]3COP(O)(=S)O[C@H]4C[C@H](n5cnc6c(NC(=O)c7ccccc7)ncnc65)OC4COP(O)(=S)OC2[C@@H]3F)c(=O)[nH]1. The zero-order chi connectivity index (χ0) is 40.2. The van der Waals surface area contributed by atoms with Crippen LogP contribution in [0.2, 0.25) is 0 Å².